The molecule has 0 spiro atoms. The molecule has 32 heavy (non-hydrogen) atoms. The van der Waals surface area contributed by atoms with Crippen LogP contribution in [-0.2, 0) is 22.6 Å². The minimum absolute atomic E-state index is 0.307. The average Bonchev–Trinajstić information content (AvgIpc) is 2.83. The van der Waals surface area contributed by atoms with Crippen molar-refractivity contribution in [3.63, 3.8) is 0 Å². The second-order valence-electron chi connectivity index (χ2n) is 7.12. The van der Waals surface area contributed by atoms with E-state index < -0.39 is 0 Å². The Balaban J connectivity index is 1.47. The quantitative estimate of drug-likeness (QED) is 0.425. The summed E-state index contributed by atoms with van der Waals surface area (Å²) in [7, 11) is 0. The van der Waals surface area contributed by atoms with Crippen LogP contribution in [0.15, 0.2) is 72.8 Å². The highest BCUT2D eigenvalue weighted by atomic mass is 16.5. The zero-order valence-corrected chi connectivity index (χ0v) is 18.4. The second-order valence-corrected chi connectivity index (χ2v) is 7.12. The van der Waals surface area contributed by atoms with Crippen LogP contribution in [-0.4, -0.2) is 25.2 Å². The minimum Gasteiger partial charge on any atom is -0.462 e. The van der Waals surface area contributed by atoms with Crippen molar-refractivity contribution in [3.05, 3.63) is 95.1 Å². The highest BCUT2D eigenvalue weighted by Gasteiger charge is 2.06. The number of benzene rings is 3. The van der Waals surface area contributed by atoms with Crippen LogP contribution in [0.5, 0.6) is 0 Å². The third kappa shape index (κ3) is 6.60. The van der Waals surface area contributed by atoms with Gasteiger partial charge >= 0.3 is 11.9 Å². The van der Waals surface area contributed by atoms with Crippen molar-refractivity contribution in [2.24, 2.45) is 0 Å². The summed E-state index contributed by atoms with van der Waals surface area (Å²) in [6.45, 7) is 5.68. The van der Waals surface area contributed by atoms with Gasteiger partial charge in [0, 0.05) is 24.5 Å². The third-order valence-corrected chi connectivity index (χ3v) is 4.81. The lowest BCUT2D eigenvalue weighted by molar-refractivity contribution is 0.0517. The van der Waals surface area contributed by atoms with Crippen LogP contribution in [0.25, 0.3) is 0 Å². The van der Waals surface area contributed by atoms with Gasteiger partial charge in [0.05, 0.1) is 24.3 Å². The van der Waals surface area contributed by atoms with E-state index in [1.54, 1.807) is 38.1 Å². The SMILES string of the molecule is CCOC(=O)c1ccc(NCc2ccc(CNc3ccc(C(=O)OCC)cc3)cc2)cc1. The van der Waals surface area contributed by atoms with Gasteiger partial charge in [-0.05, 0) is 73.5 Å². The molecule has 0 bridgehead atoms. The lowest BCUT2D eigenvalue weighted by Gasteiger charge is -2.10. The normalized spacial score (nSPS) is 10.3. The van der Waals surface area contributed by atoms with Gasteiger partial charge in [-0.15, -0.1) is 0 Å². The molecule has 0 aliphatic rings. The molecule has 0 fully saturated rings. The molecule has 0 aromatic heterocycles. The van der Waals surface area contributed by atoms with Crippen molar-refractivity contribution in [2.45, 2.75) is 26.9 Å². The molecule has 3 aromatic rings. The number of carbonyl (C=O) groups is 2. The first kappa shape index (κ1) is 22.9. The Morgan fingerprint density at radius 1 is 0.594 bits per heavy atom. The summed E-state index contributed by atoms with van der Waals surface area (Å²) >= 11 is 0. The summed E-state index contributed by atoms with van der Waals surface area (Å²) in [5.41, 5.74) is 5.28. The summed E-state index contributed by atoms with van der Waals surface area (Å²) in [6, 6.07) is 22.9. The number of hydrogen-bond donors (Lipinski definition) is 2. The van der Waals surface area contributed by atoms with E-state index in [1.165, 1.54) is 0 Å². The summed E-state index contributed by atoms with van der Waals surface area (Å²) in [4.78, 5) is 23.4. The minimum atomic E-state index is -0.307. The maximum Gasteiger partial charge on any atom is 0.338 e. The molecule has 166 valence electrons. The predicted octanol–water partition coefficient (Wildman–Crippen LogP) is 5.26. The molecule has 0 saturated heterocycles. The van der Waals surface area contributed by atoms with E-state index in [4.69, 9.17) is 9.47 Å². The maximum absolute atomic E-state index is 11.7. The van der Waals surface area contributed by atoms with E-state index >= 15 is 0 Å². The highest BCUT2D eigenvalue weighted by molar-refractivity contribution is 5.90. The molecule has 0 saturated carbocycles. The molecule has 0 aliphatic carbocycles. The van der Waals surface area contributed by atoms with Gasteiger partial charge in [-0.1, -0.05) is 24.3 Å². The number of rotatable bonds is 10. The molecule has 0 atom stereocenters. The first-order valence-corrected chi connectivity index (χ1v) is 10.7. The van der Waals surface area contributed by atoms with Gasteiger partial charge in [-0.3, -0.25) is 0 Å². The van der Waals surface area contributed by atoms with Crippen LogP contribution in [0, 0.1) is 0 Å². The molecule has 6 nitrogen and oxygen atoms in total. The molecular weight excluding hydrogens is 404 g/mol. The molecule has 0 amide bonds. The van der Waals surface area contributed by atoms with Crippen molar-refractivity contribution in [3.8, 4) is 0 Å². The number of nitrogens with one attached hydrogen (secondary N) is 2. The number of hydrogen-bond acceptors (Lipinski definition) is 6. The number of esters is 2. The van der Waals surface area contributed by atoms with E-state index in [1.807, 2.05) is 24.3 Å². The van der Waals surface area contributed by atoms with Crippen molar-refractivity contribution in [2.75, 3.05) is 23.8 Å². The second kappa shape index (κ2) is 11.6. The van der Waals surface area contributed by atoms with Gasteiger partial charge in [-0.25, -0.2) is 9.59 Å². The number of ether oxygens (including phenoxy) is 2. The molecule has 3 rings (SSSR count). The van der Waals surface area contributed by atoms with Crippen molar-refractivity contribution in [1.29, 1.82) is 0 Å². The van der Waals surface area contributed by atoms with Crippen molar-refractivity contribution < 1.29 is 19.1 Å². The highest BCUT2D eigenvalue weighted by Crippen LogP contribution is 2.15. The first-order valence-electron chi connectivity index (χ1n) is 10.7. The predicted molar refractivity (Wildman–Crippen MR) is 126 cm³/mol. The zero-order valence-electron chi connectivity index (χ0n) is 18.4. The smallest absolute Gasteiger partial charge is 0.338 e. The van der Waals surface area contributed by atoms with E-state index in [2.05, 4.69) is 34.9 Å². The zero-order chi connectivity index (χ0) is 22.8. The van der Waals surface area contributed by atoms with Gasteiger partial charge in [-0.2, -0.15) is 0 Å². The van der Waals surface area contributed by atoms with Gasteiger partial charge in [0.25, 0.3) is 0 Å². The lowest BCUT2D eigenvalue weighted by Crippen LogP contribution is -2.05. The molecule has 3 aromatic carbocycles. The Morgan fingerprint density at radius 2 is 0.938 bits per heavy atom. The third-order valence-electron chi connectivity index (χ3n) is 4.81. The molecule has 2 N–H and O–H groups in total. The molecule has 0 aliphatic heterocycles. The first-order chi connectivity index (χ1) is 15.6. The van der Waals surface area contributed by atoms with Gasteiger partial charge < -0.3 is 20.1 Å². The Kier molecular flexibility index (Phi) is 8.26. The van der Waals surface area contributed by atoms with Crippen molar-refractivity contribution >= 4 is 23.3 Å². The van der Waals surface area contributed by atoms with Crippen LogP contribution in [0.2, 0.25) is 0 Å². The van der Waals surface area contributed by atoms with Gasteiger partial charge in [0.15, 0.2) is 0 Å². The largest absolute Gasteiger partial charge is 0.462 e. The van der Waals surface area contributed by atoms with Crippen LogP contribution in [0.1, 0.15) is 45.7 Å². The molecule has 0 radical (unpaired) electrons. The Hall–Kier alpha value is -3.80. The van der Waals surface area contributed by atoms with Crippen molar-refractivity contribution in [1.82, 2.24) is 0 Å². The molecule has 0 unspecified atom stereocenters. The summed E-state index contributed by atoms with van der Waals surface area (Å²) < 4.78 is 9.99. The maximum atomic E-state index is 11.7. The summed E-state index contributed by atoms with van der Waals surface area (Å²) in [5.74, 6) is -0.614. The molecular formula is C26H28N2O4. The summed E-state index contributed by atoms with van der Waals surface area (Å²) in [5, 5.41) is 6.71. The topological polar surface area (TPSA) is 76.7 Å². The van der Waals surface area contributed by atoms with Crippen LogP contribution >= 0.6 is 0 Å². The lowest BCUT2D eigenvalue weighted by atomic mass is 10.1. The average molecular weight is 433 g/mol. The Morgan fingerprint density at radius 3 is 1.25 bits per heavy atom. The molecule has 0 heterocycles. The van der Waals surface area contributed by atoms with Crippen LogP contribution in [0.4, 0.5) is 11.4 Å². The standard InChI is InChI=1S/C26H28N2O4/c1-3-31-25(29)21-9-13-23(14-10-21)27-17-19-5-7-20(8-6-19)18-28-24-15-11-22(12-16-24)26(30)32-4-2/h5-16,27-28H,3-4,17-18H2,1-2H3. The van der Waals surface area contributed by atoms with Crippen LogP contribution in [0.3, 0.4) is 0 Å². The Bertz CT molecular complexity index is 929. The number of anilines is 2. The fraction of sp³-hybridized carbons (Fsp3) is 0.231. The van der Waals surface area contributed by atoms with Gasteiger partial charge in [0.1, 0.15) is 0 Å². The fourth-order valence-corrected chi connectivity index (χ4v) is 3.06. The van der Waals surface area contributed by atoms with E-state index in [0.717, 1.165) is 22.5 Å². The van der Waals surface area contributed by atoms with E-state index in [-0.39, 0.29) is 11.9 Å². The summed E-state index contributed by atoms with van der Waals surface area (Å²) in [6.07, 6.45) is 0. The van der Waals surface area contributed by atoms with E-state index in [9.17, 15) is 9.59 Å². The number of carbonyl (C=O) groups excluding carboxylic acids is 2. The monoisotopic (exact) mass is 432 g/mol. The van der Waals surface area contributed by atoms with E-state index in [0.29, 0.717) is 37.4 Å². The van der Waals surface area contributed by atoms with Gasteiger partial charge in [0.2, 0.25) is 0 Å². The molecule has 6 heteroatoms. The fourth-order valence-electron chi connectivity index (χ4n) is 3.06. The van der Waals surface area contributed by atoms with Crippen LogP contribution < -0.4 is 10.6 Å². The Labute approximate surface area is 188 Å².